The lowest BCUT2D eigenvalue weighted by molar-refractivity contribution is -0.129. The van der Waals surface area contributed by atoms with E-state index in [0.717, 1.165) is 11.3 Å². The molecule has 1 aromatic heterocycles. The fourth-order valence-electron chi connectivity index (χ4n) is 2.15. The summed E-state index contributed by atoms with van der Waals surface area (Å²) in [6.07, 6.45) is 2.23. The van der Waals surface area contributed by atoms with Gasteiger partial charge in [0.2, 0.25) is 5.91 Å². The maximum atomic E-state index is 11.0. The topological polar surface area (TPSA) is 83.7 Å². The molecule has 0 fully saturated rings. The Balaban J connectivity index is 2.11. The minimum absolute atomic E-state index is 0.114. The van der Waals surface area contributed by atoms with Crippen LogP contribution in [-0.2, 0) is 17.8 Å². The Bertz CT molecular complexity index is 622. The van der Waals surface area contributed by atoms with Crippen LogP contribution in [0.15, 0.2) is 36.5 Å². The molecule has 2 aromatic rings. The van der Waals surface area contributed by atoms with Crippen molar-refractivity contribution in [1.82, 2.24) is 10.0 Å². The van der Waals surface area contributed by atoms with Crippen molar-refractivity contribution in [3.63, 3.8) is 0 Å². The number of benzene rings is 1. The Kier molecular flexibility index (Phi) is 4.84. The quantitative estimate of drug-likeness (QED) is 0.558. The second-order valence-electron chi connectivity index (χ2n) is 4.64. The number of carbonyl (C=O) groups excluding carboxylic acids is 1. The Hall–Kier alpha value is -2.47. The zero-order valence-corrected chi connectivity index (χ0v) is 11.7. The number of nitrogens with one attached hydrogen (secondary N) is 1. The molecule has 0 radical (unpaired) electrons. The third kappa shape index (κ3) is 3.55. The number of hydroxylamine groups is 1. The number of hydrogen-bond donors (Lipinski definition) is 3. The van der Waals surface area contributed by atoms with Gasteiger partial charge in [0.15, 0.2) is 5.88 Å². The lowest BCUT2D eigenvalue weighted by Gasteiger charge is -2.10. The lowest BCUT2D eigenvalue weighted by atomic mass is 10.2. The zero-order valence-electron chi connectivity index (χ0n) is 11.7. The van der Waals surface area contributed by atoms with Gasteiger partial charge in [0, 0.05) is 23.7 Å². The molecule has 0 spiro atoms. The van der Waals surface area contributed by atoms with Crippen molar-refractivity contribution in [2.75, 3.05) is 7.11 Å². The SMILES string of the molecule is COc1ccccc1Cn1ccc(CCC(=O)NO)c1O. The van der Waals surface area contributed by atoms with Crippen LogP contribution in [0.5, 0.6) is 11.6 Å². The molecule has 1 heterocycles. The first-order valence-corrected chi connectivity index (χ1v) is 6.57. The monoisotopic (exact) mass is 290 g/mol. The molecule has 0 unspecified atom stereocenters. The van der Waals surface area contributed by atoms with Crippen LogP contribution >= 0.6 is 0 Å². The van der Waals surface area contributed by atoms with Gasteiger partial charge in [0.1, 0.15) is 5.75 Å². The second-order valence-corrected chi connectivity index (χ2v) is 4.64. The molecule has 6 nitrogen and oxygen atoms in total. The molecule has 112 valence electrons. The summed E-state index contributed by atoms with van der Waals surface area (Å²) < 4.78 is 6.97. The third-order valence-electron chi connectivity index (χ3n) is 3.29. The number of aryl methyl sites for hydroxylation is 1. The van der Waals surface area contributed by atoms with Crippen molar-refractivity contribution in [2.24, 2.45) is 0 Å². The molecule has 0 aliphatic heterocycles. The highest BCUT2D eigenvalue weighted by Gasteiger charge is 2.11. The van der Waals surface area contributed by atoms with Crippen molar-refractivity contribution in [1.29, 1.82) is 0 Å². The number of para-hydroxylation sites is 1. The number of hydrogen-bond acceptors (Lipinski definition) is 4. The van der Waals surface area contributed by atoms with E-state index in [1.807, 2.05) is 24.3 Å². The highest BCUT2D eigenvalue weighted by atomic mass is 16.5. The highest BCUT2D eigenvalue weighted by Crippen LogP contribution is 2.24. The molecular weight excluding hydrogens is 272 g/mol. The Morgan fingerprint density at radius 1 is 1.29 bits per heavy atom. The summed E-state index contributed by atoms with van der Waals surface area (Å²) >= 11 is 0. The summed E-state index contributed by atoms with van der Waals surface area (Å²) in [5.74, 6) is 0.394. The van der Waals surface area contributed by atoms with Crippen molar-refractivity contribution in [3.8, 4) is 11.6 Å². The average molecular weight is 290 g/mol. The standard InChI is InChI=1S/C15H18N2O4/c1-21-13-5-3-2-4-12(13)10-17-9-8-11(15(17)19)6-7-14(18)16-20/h2-5,8-9,19-20H,6-7,10H2,1H3,(H,16,18). The summed E-state index contributed by atoms with van der Waals surface area (Å²) in [5, 5.41) is 18.6. The van der Waals surface area contributed by atoms with Gasteiger partial charge in [-0.1, -0.05) is 18.2 Å². The van der Waals surface area contributed by atoms with E-state index >= 15 is 0 Å². The summed E-state index contributed by atoms with van der Waals surface area (Å²) in [7, 11) is 1.60. The van der Waals surface area contributed by atoms with Gasteiger partial charge in [-0.3, -0.25) is 10.0 Å². The van der Waals surface area contributed by atoms with Crippen molar-refractivity contribution >= 4 is 5.91 Å². The van der Waals surface area contributed by atoms with E-state index in [-0.39, 0.29) is 12.3 Å². The Labute approximate surface area is 122 Å². The molecule has 0 bridgehead atoms. The predicted octanol–water partition coefficient (Wildman–Crippen LogP) is 1.69. The largest absolute Gasteiger partial charge is 0.496 e. The molecular formula is C15H18N2O4. The van der Waals surface area contributed by atoms with Crippen LogP contribution in [0.1, 0.15) is 17.5 Å². The maximum absolute atomic E-state index is 11.0. The van der Waals surface area contributed by atoms with Crippen LogP contribution in [0.25, 0.3) is 0 Å². The zero-order chi connectivity index (χ0) is 15.2. The molecule has 1 amide bonds. The highest BCUT2D eigenvalue weighted by molar-refractivity contribution is 5.74. The summed E-state index contributed by atoms with van der Waals surface area (Å²) in [4.78, 5) is 11.0. The normalized spacial score (nSPS) is 10.4. The predicted molar refractivity (Wildman–Crippen MR) is 76.4 cm³/mol. The molecule has 0 saturated carbocycles. The fraction of sp³-hybridized carbons (Fsp3) is 0.267. The number of amides is 1. The number of ether oxygens (including phenoxy) is 1. The summed E-state index contributed by atoms with van der Waals surface area (Å²) in [6, 6.07) is 9.34. The smallest absolute Gasteiger partial charge is 0.243 e. The van der Waals surface area contributed by atoms with Crippen LogP contribution in [-0.4, -0.2) is 27.9 Å². The van der Waals surface area contributed by atoms with Crippen LogP contribution in [0, 0.1) is 0 Å². The summed E-state index contributed by atoms with van der Waals surface area (Å²) in [6.45, 7) is 0.474. The van der Waals surface area contributed by atoms with E-state index in [1.165, 1.54) is 0 Å². The number of nitrogens with zero attached hydrogens (tertiary/aromatic N) is 1. The average Bonchev–Trinajstić information content (AvgIpc) is 2.86. The van der Waals surface area contributed by atoms with Crippen LogP contribution in [0.2, 0.25) is 0 Å². The van der Waals surface area contributed by atoms with E-state index < -0.39 is 5.91 Å². The van der Waals surface area contributed by atoms with Gasteiger partial charge < -0.3 is 14.4 Å². The first-order chi connectivity index (χ1) is 10.2. The van der Waals surface area contributed by atoms with Gasteiger partial charge >= 0.3 is 0 Å². The fourth-order valence-corrected chi connectivity index (χ4v) is 2.15. The molecule has 0 atom stereocenters. The molecule has 2 rings (SSSR count). The molecule has 1 aromatic carbocycles. The molecule has 0 aliphatic rings. The van der Waals surface area contributed by atoms with Gasteiger partial charge in [0.05, 0.1) is 13.7 Å². The first-order valence-electron chi connectivity index (χ1n) is 6.57. The summed E-state index contributed by atoms with van der Waals surface area (Å²) in [5.41, 5.74) is 3.18. The van der Waals surface area contributed by atoms with E-state index in [2.05, 4.69) is 0 Å². The van der Waals surface area contributed by atoms with Crippen LogP contribution < -0.4 is 10.2 Å². The van der Waals surface area contributed by atoms with Gasteiger partial charge in [-0.15, -0.1) is 0 Å². The number of carbonyl (C=O) groups is 1. The first kappa shape index (κ1) is 14.9. The lowest BCUT2D eigenvalue weighted by Crippen LogP contribution is -2.18. The molecule has 3 N–H and O–H groups in total. The van der Waals surface area contributed by atoms with Gasteiger partial charge in [-0.25, -0.2) is 5.48 Å². The molecule has 0 aliphatic carbocycles. The van der Waals surface area contributed by atoms with E-state index in [1.54, 1.807) is 29.4 Å². The van der Waals surface area contributed by atoms with Gasteiger partial charge in [-0.05, 0) is 18.6 Å². The molecule has 6 heteroatoms. The Morgan fingerprint density at radius 2 is 2.05 bits per heavy atom. The number of methoxy groups -OCH3 is 1. The number of rotatable bonds is 6. The maximum Gasteiger partial charge on any atom is 0.243 e. The van der Waals surface area contributed by atoms with Gasteiger partial charge in [-0.2, -0.15) is 0 Å². The van der Waals surface area contributed by atoms with Crippen molar-refractivity contribution < 1.29 is 19.8 Å². The minimum Gasteiger partial charge on any atom is -0.496 e. The minimum atomic E-state index is -0.480. The van der Waals surface area contributed by atoms with E-state index in [9.17, 15) is 9.90 Å². The number of aromatic hydroxyl groups is 1. The second kappa shape index (κ2) is 6.81. The third-order valence-corrected chi connectivity index (χ3v) is 3.29. The van der Waals surface area contributed by atoms with Crippen molar-refractivity contribution in [2.45, 2.75) is 19.4 Å². The molecule has 21 heavy (non-hydrogen) atoms. The molecule has 0 saturated heterocycles. The van der Waals surface area contributed by atoms with Crippen LogP contribution in [0.4, 0.5) is 0 Å². The Morgan fingerprint density at radius 3 is 2.76 bits per heavy atom. The number of aromatic nitrogens is 1. The van der Waals surface area contributed by atoms with Crippen LogP contribution in [0.3, 0.4) is 0 Å². The van der Waals surface area contributed by atoms with Gasteiger partial charge in [0.25, 0.3) is 0 Å². The van der Waals surface area contributed by atoms with Crippen molar-refractivity contribution in [3.05, 3.63) is 47.7 Å². The van der Waals surface area contributed by atoms with E-state index in [4.69, 9.17) is 9.94 Å². The van der Waals surface area contributed by atoms with E-state index in [0.29, 0.717) is 18.5 Å².